The Morgan fingerprint density at radius 1 is 1.19 bits per heavy atom. The van der Waals surface area contributed by atoms with E-state index >= 15 is 0 Å². The van der Waals surface area contributed by atoms with Gasteiger partial charge in [0.2, 0.25) is 0 Å². The predicted molar refractivity (Wildman–Crippen MR) is 109 cm³/mol. The molecule has 1 atom stereocenters. The minimum absolute atomic E-state index is 0.111. The Morgan fingerprint density at radius 2 is 1.93 bits per heavy atom. The fourth-order valence-electron chi connectivity index (χ4n) is 3.23. The van der Waals surface area contributed by atoms with E-state index in [2.05, 4.69) is 26.2 Å². The molecule has 0 bridgehead atoms. The second-order valence-corrected chi connectivity index (χ2v) is 7.35. The summed E-state index contributed by atoms with van der Waals surface area (Å²) in [5.41, 5.74) is 2.66. The monoisotopic (exact) mass is 424 g/mol. The van der Waals surface area contributed by atoms with Gasteiger partial charge >= 0.3 is 5.63 Å². The van der Waals surface area contributed by atoms with Crippen molar-refractivity contribution in [1.29, 1.82) is 0 Å². The number of anilines is 1. The molecule has 0 spiro atoms. The lowest BCUT2D eigenvalue weighted by Gasteiger charge is -2.19. The highest BCUT2D eigenvalue weighted by Gasteiger charge is 2.25. The maximum absolute atomic E-state index is 12.4. The number of benzene rings is 2. The summed E-state index contributed by atoms with van der Waals surface area (Å²) in [5, 5.41) is 13.9. The van der Waals surface area contributed by atoms with Gasteiger partial charge in [0.1, 0.15) is 17.1 Å². The molecule has 2 heterocycles. The van der Waals surface area contributed by atoms with Gasteiger partial charge in [0, 0.05) is 17.0 Å². The molecule has 6 heteroatoms. The van der Waals surface area contributed by atoms with Crippen LogP contribution in [0.25, 0.3) is 0 Å². The summed E-state index contributed by atoms with van der Waals surface area (Å²) in [7, 11) is 0. The average molecular weight is 425 g/mol. The van der Waals surface area contributed by atoms with E-state index in [4.69, 9.17) is 4.42 Å². The van der Waals surface area contributed by atoms with Gasteiger partial charge in [-0.05, 0) is 36.8 Å². The Bertz CT molecular complexity index is 1090. The minimum atomic E-state index is -0.583. The predicted octanol–water partition coefficient (Wildman–Crippen LogP) is 5.09. The number of hydrogen-bond donors (Lipinski definition) is 2. The molecule has 0 aliphatic carbocycles. The smallest absolute Gasteiger partial charge is 0.348 e. The number of fused-ring (bicyclic) bond motifs is 1. The molecule has 0 saturated carbocycles. The zero-order valence-electron chi connectivity index (χ0n) is 14.6. The van der Waals surface area contributed by atoms with Crippen LogP contribution in [0.4, 0.5) is 11.4 Å². The van der Waals surface area contributed by atoms with Crippen LogP contribution in [0, 0.1) is 6.92 Å². The first-order chi connectivity index (χ1) is 13.0. The second-order valence-electron chi connectivity index (χ2n) is 6.43. The summed E-state index contributed by atoms with van der Waals surface area (Å²) in [4.78, 5) is 17.1. The van der Waals surface area contributed by atoms with Crippen LogP contribution in [0.15, 0.2) is 73.3 Å². The standard InChI is InChI=1S/C21H17BrN2O3/c1-12-10-19(25)20(21(26)27-12)18-11-17(13-6-8-14(22)9-7-13)23-15-4-2-3-5-16(15)24-18/h2-10,17,23,25H,11H2,1H3. The van der Waals surface area contributed by atoms with Crippen molar-refractivity contribution in [2.75, 3.05) is 5.32 Å². The SMILES string of the molecule is Cc1cc(O)c(C2=Nc3ccccc3NC(c3ccc(Br)cc3)C2)c(=O)o1. The topological polar surface area (TPSA) is 74.8 Å². The number of aryl methyl sites for hydroxylation is 1. The van der Waals surface area contributed by atoms with E-state index in [1.54, 1.807) is 6.92 Å². The third-order valence-electron chi connectivity index (χ3n) is 4.50. The molecule has 0 saturated heterocycles. The second kappa shape index (κ2) is 7.04. The van der Waals surface area contributed by atoms with Crippen molar-refractivity contribution in [3.8, 4) is 5.75 Å². The van der Waals surface area contributed by atoms with E-state index in [1.165, 1.54) is 6.07 Å². The lowest BCUT2D eigenvalue weighted by Crippen LogP contribution is -2.19. The molecule has 0 amide bonds. The highest BCUT2D eigenvalue weighted by molar-refractivity contribution is 9.10. The Labute approximate surface area is 164 Å². The van der Waals surface area contributed by atoms with Crippen LogP contribution in [0.5, 0.6) is 5.75 Å². The largest absolute Gasteiger partial charge is 0.507 e. The van der Waals surface area contributed by atoms with Gasteiger partial charge in [-0.15, -0.1) is 0 Å². The molecule has 4 rings (SSSR count). The Hall–Kier alpha value is -2.86. The Balaban J connectivity index is 1.86. The van der Waals surface area contributed by atoms with Gasteiger partial charge in [0.25, 0.3) is 0 Å². The summed E-state index contributed by atoms with van der Waals surface area (Å²) < 4.78 is 6.20. The van der Waals surface area contributed by atoms with Crippen LogP contribution >= 0.6 is 15.9 Å². The van der Waals surface area contributed by atoms with Crippen molar-refractivity contribution in [3.63, 3.8) is 0 Å². The highest BCUT2D eigenvalue weighted by Crippen LogP contribution is 2.36. The number of nitrogens with zero attached hydrogens (tertiary/aromatic N) is 1. The van der Waals surface area contributed by atoms with Crippen molar-refractivity contribution >= 4 is 33.0 Å². The van der Waals surface area contributed by atoms with Gasteiger partial charge in [-0.2, -0.15) is 0 Å². The first-order valence-electron chi connectivity index (χ1n) is 8.54. The number of nitrogens with one attached hydrogen (secondary N) is 1. The lowest BCUT2D eigenvalue weighted by atomic mass is 9.97. The van der Waals surface area contributed by atoms with Crippen LogP contribution in [-0.4, -0.2) is 10.8 Å². The molecule has 2 aromatic carbocycles. The molecule has 0 radical (unpaired) electrons. The van der Waals surface area contributed by atoms with Crippen molar-refractivity contribution in [1.82, 2.24) is 0 Å². The summed E-state index contributed by atoms with van der Waals surface area (Å²) in [6.45, 7) is 1.63. The van der Waals surface area contributed by atoms with Gasteiger partial charge in [0.05, 0.1) is 23.1 Å². The summed E-state index contributed by atoms with van der Waals surface area (Å²) in [6.07, 6.45) is 0.428. The summed E-state index contributed by atoms with van der Waals surface area (Å²) >= 11 is 3.45. The van der Waals surface area contributed by atoms with Crippen LogP contribution in [0.3, 0.4) is 0 Å². The zero-order valence-corrected chi connectivity index (χ0v) is 16.2. The number of rotatable bonds is 2. The number of para-hydroxylation sites is 2. The number of hydrogen-bond acceptors (Lipinski definition) is 5. The summed E-state index contributed by atoms with van der Waals surface area (Å²) in [6, 6.07) is 17.0. The maximum atomic E-state index is 12.4. The molecule has 1 aliphatic heterocycles. The van der Waals surface area contributed by atoms with Gasteiger partial charge < -0.3 is 14.8 Å². The van der Waals surface area contributed by atoms with Gasteiger partial charge in [-0.1, -0.05) is 40.2 Å². The molecule has 136 valence electrons. The van der Waals surface area contributed by atoms with Crippen LogP contribution in [0.2, 0.25) is 0 Å². The fraction of sp³-hybridized carbons (Fsp3) is 0.143. The van der Waals surface area contributed by atoms with Crippen LogP contribution in [0.1, 0.15) is 29.3 Å². The first-order valence-corrected chi connectivity index (χ1v) is 9.33. The molecule has 2 N–H and O–H groups in total. The third-order valence-corrected chi connectivity index (χ3v) is 5.03. The van der Waals surface area contributed by atoms with E-state index in [9.17, 15) is 9.90 Å². The molecule has 0 fully saturated rings. The molecule has 1 unspecified atom stereocenters. The molecule has 1 aromatic heterocycles. The number of aromatic hydroxyl groups is 1. The van der Waals surface area contributed by atoms with E-state index < -0.39 is 5.63 Å². The van der Waals surface area contributed by atoms with Crippen LogP contribution in [-0.2, 0) is 0 Å². The lowest BCUT2D eigenvalue weighted by molar-refractivity contribution is 0.432. The number of halogens is 1. The Morgan fingerprint density at radius 3 is 2.67 bits per heavy atom. The molecular weight excluding hydrogens is 408 g/mol. The molecule has 27 heavy (non-hydrogen) atoms. The normalized spacial score (nSPS) is 16.1. The van der Waals surface area contributed by atoms with E-state index in [-0.39, 0.29) is 17.4 Å². The van der Waals surface area contributed by atoms with Crippen molar-refractivity contribution < 1.29 is 9.52 Å². The quantitative estimate of drug-likeness (QED) is 0.600. The van der Waals surface area contributed by atoms with Gasteiger partial charge in [-0.25, -0.2) is 4.79 Å². The van der Waals surface area contributed by atoms with Crippen LogP contribution < -0.4 is 10.9 Å². The zero-order chi connectivity index (χ0) is 19.0. The molecular formula is C21H17BrN2O3. The van der Waals surface area contributed by atoms with Crippen molar-refractivity contribution in [3.05, 3.63) is 86.4 Å². The fourth-order valence-corrected chi connectivity index (χ4v) is 3.50. The summed E-state index contributed by atoms with van der Waals surface area (Å²) in [5.74, 6) is 0.245. The molecule has 1 aliphatic rings. The van der Waals surface area contributed by atoms with E-state index in [0.29, 0.717) is 23.6 Å². The van der Waals surface area contributed by atoms with E-state index in [0.717, 1.165) is 15.7 Å². The van der Waals surface area contributed by atoms with E-state index in [1.807, 2.05) is 48.5 Å². The molecule has 3 aromatic rings. The third kappa shape index (κ3) is 3.53. The molecule has 5 nitrogen and oxygen atoms in total. The highest BCUT2D eigenvalue weighted by atomic mass is 79.9. The minimum Gasteiger partial charge on any atom is -0.507 e. The van der Waals surface area contributed by atoms with Gasteiger partial charge in [0.15, 0.2) is 0 Å². The number of aliphatic imine (C=N–C) groups is 1. The average Bonchev–Trinajstić information content (AvgIpc) is 2.81. The first kappa shape index (κ1) is 17.5. The maximum Gasteiger partial charge on any atom is 0.348 e. The Kier molecular flexibility index (Phi) is 4.58. The van der Waals surface area contributed by atoms with Crippen molar-refractivity contribution in [2.45, 2.75) is 19.4 Å². The van der Waals surface area contributed by atoms with Crippen molar-refractivity contribution in [2.24, 2.45) is 4.99 Å². The van der Waals surface area contributed by atoms with Gasteiger partial charge in [-0.3, -0.25) is 4.99 Å².